The molecule has 3 fully saturated rings. The molecule has 1 aliphatic heterocycles. The molecule has 5 atom stereocenters. The van der Waals surface area contributed by atoms with Crippen LogP contribution < -0.4 is 5.32 Å². The quantitative estimate of drug-likeness (QED) is 0.861. The number of rotatable bonds is 3. The second-order valence-electron chi connectivity index (χ2n) is 7.46. The fraction of sp³-hybridized carbons (Fsp3) is 0.941. The summed E-state index contributed by atoms with van der Waals surface area (Å²) in [4.78, 5) is 14.9. The van der Waals surface area contributed by atoms with Gasteiger partial charge in [-0.05, 0) is 56.4 Å². The third-order valence-corrected chi connectivity index (χ3v) is 6.13. The second kappa shape index (κ2) is 6.05. The molecular weight excluding hydrogens is 248 g/mol. The Morgan fingerprint density at radius 3 is 2.80 bits per heavy atom. The molecule has 1 N–H and O–H groups in total. The number of hydrogen-bond acceptors (Lipinski definition) is 2. The Hall–Kier alpha value is -0.570. The molecule has 1 heterocycles. The van der Waals surface area contributed by atoms with Gasteiger partial charge in [-0.1, -0.05) is 26.2 Å². The number of amides is 1. The Balaban J connectivity index is 1.65. The Bertz CT molecular complexity index is 357. The van der Waals surface area contributed by atoms with Gasteiger partial charge in [-0.25, -0.2) is 0 Å². The topological polar surface area (TPSA) is 32.3 Å². The van der Waals surface area contributed by atoms with Gasteiger partial charge in [0.05, 0.1) is 6.04 Å². The average molecular weight is 278 g/mol. The third-order valence-electron chi connectivity index (χ3n) is 6.13. The Kier molecular flexibility index (Phi) is 4.34. The van der Waals surface area contributed by atoms with E-state index >= 15 is 0 Å². The number of nitrogens with zero attached hydrogens (tertiary/aromatic N) is 1. The summed E-state index contributed by atoms with van der Waals surface area (Å²) in [5.41, 5.74) is 0. The fourth-order valence-electron chi connectivity index (χ4n) is 5.01. The van der Waals surface area contributed by atoms with Crippen molar-refractivity contribution in [3.8, 4) is 0 Å². The fourth-order valence-corrected chi connectivity index (χ4v) is 5.01. The van der Waals surface area contributed by atoms with Crippen molar-refractivity contribution in [3.63, 3.8) is 0 Å². The molecule has 0 radical (unpaired) electrons. The van der Waals surface area contributed by atoms with Crippen LogP contribution in [0, 0.1) is 23.7 Å². The number of nitrogens with one attached hydrogen (secondary N) is 1. The van der Waals surface area contributed by atoms with Crippen LogP contribution in [0.15, 0.2) is 0 Å². The van der Waals surface area contributed by atoms with Crippen molar-refractivity contribution in [2.45, 2.75) is 57.9 Å². The van der Waals surface area contributed by atoms with Crippen molar-refractivity contribution in [1.29, 1.82) is 0 Å². The molecule has 0 aromatic rings. The van der Waals surface area contributed by atoms with Crippen molar-refractivity contribution >= 4 is 5.91 Å². The van der Waals surface area contributed by atoms with Crippen LogP contribution >= 0.6 is 0 Å². The van der Waals surface area contributed by atoms with Crippen molar-refractivity contribution in [3.05, 3.63) is 0 Å². The summed E-state index contributed by atoms with van der Waals surface area (Å²) in [5.74, 6) is 3.51. The first-order valence-corrected chi connectivity index (χ1v) is 8.65. The van der Waals surface area contributed by atoms with E-state index in [4.69, 9.17) is 0 Å². The molecular formula is C17H30N2O. The maximum atomic E-state index is 12.7. The minimum Gasteiger partial charge on any atom is -0.341 e. The maximum Gasteiger partial charge on any atom is 0.239 e. The van der Waals surface area contributed by atoms with E-state index in [-0.39, 0.29) is 6.04 Å². The first-order chi connectivity index (χ1) is 9.69. The lowest BCUT2D eigenvalue weighted by atomic mass is 9.87. The van der Waals surface area contributed by atoms with Crippen LogP contribution in [0.5, 0.6) is 0 Å². The van der Waals surface area contributed by atoms with E-state index in [9.17, 15) is 4.79 Å². The Morgan fingerprint density at radius 2 is 2.05 bits per heavy atom. The minimum atomic E-state index is 0.0401. The highest BCUT2D eigenvalue weighted by atomic mass is 16.2. The van der Waals surface area contributed by atoms with Gasteiger partial charge in [0, 0.05) is 13.1 Å². The summed E-state index contributed by atoms with van der Waals surface area (Å²) in [7, 11) is 1.94. The highest BCUT2D eigenvalue weighted by molar-refractivity contribution is 5.82. The van der Waals surface area contributed by atoms with Gasteiger partial charge in [0.15, 0.2) is 0 Å². The number of carbonyl (C=O) groups is 1. The number of fused-ring (bicyclic) bond motifs is 2. The molecule has 3 aliphatic rings. The summed E-state index contributed by atoms with van der Waals surface area (Å²) >= 11 is 0. The summed E-state index contributed by atoms with van der Waals surface area (Å²) in [6, 6.07) is 0.0401. The van der Waals surface area contributed by atoms with E-state index in [0.717, 1.165) is 30.8 Å². The highest BCUT2D eigenvalue weighted by Gasteiger charge is 2.39. The largest absolute Gasteiger partial charge is 0.341 e. The van der Waals surface area contributed by atoms with Crippen molar-refractivity contribution in [1.82, 2.24) is 10.2 Å². The van der Waals surface area contributed by atoms with Crippen LogP contribution in [0.2, 0.25) is 0 Å². The molecule has 0 aromatic carbocycles. The van der Waals surface area contributed by atoms with Crippen molar-refractivity contribution < 1.29 is 4.79 Å². The van der Waals surface area contributed by atoms with E-state index in [1.165, 1.54) is 44.9 Å². The molecule has 114 valence electrons. The van der Waals surface area contributed by atoms with E-state index in [2.05, 4.69) is 17.1 Å². The molecule has 2 saturated carbocycles. The first kappa shape index (κ1) is 14.4. The number of carbonyl (C=O) groups excluding carboxylic acids is 1. The van der Waals surface area contributed by atoms with Crippen LogP contribution in [0.1, 0.15) is 51.9 Å². The number of hydrogen-bond donors (Lipinski definition) is 1. The molecule has 5 unspecified atom stereocenters. The standard InChI is InChI=1S/C17H30N2O/c1-12-5-4-8-19(17(20)16(12)18-2)11-15-10-13-6-3-7-14(15)9-13/h12-16,18H,3-11H2,1-2H3. The molecule has 0 spiro atoms. The molecule has 0 aromatic heterocycles. The van der Waals surface area contributed by atoms with Crippen LogP contribution in [0.3, 0.4) is 0 Å². The monoisotopic (exact) mass is 278 g/mol. The van der Waals surface area contributed by atoms with Crippen LogP contribution in [-0.4, -0.2) is 37.0 Å². The van der Waals surface area contributed by atoms with Gasteiger partial charge in [0.1, 0.15) is 0 Å². The summed E-state index contributed by atoms with van der Waals surface area (Å²) in [5, 5.41) is 3.25. The van der Waals surface area contributed by atoms with Crippen molar-refractivity contribution in [2.24, 2.45) is 23.7 Å². The van der Waals surface area contributed by atoms with Crippen LogP contribution in [0.4, 0.5) is 0 Å². The molecule has 3 nitrogen and oxygen atoms in total. The molecule has 3 rings (SSSR count). The normalized spacial score (nSPS) is 41.8. The lowest BCUT2D eigenvalue weighted by molar-refractivity contribution is -0.134. The lowest BCUT2D eigenvalue weighted by Crippen LogP contribution is -2.48. The molecule has 20 heavy (non-hydrogen) atoms. The van der Waals surface area contributed by atoms with Gasteiger partial charge in [0.25, 0.3) is 0 Å². The summed E-state index contributed by atoms with van der Waals surface area (Å²) in [6.07, 6.45) is 9.45. The zero-order valence-corrected chi connectivity index (χ0v) is 13.1. The van der Waals surface area contributed by atoms with E-state index in [1.807, 2.05) is 7.05 Å². The zero-order valence-electron chi connectivity index (χ0n) is 13.1. The van der Waals surface area contributed by atoms with Crippen LogP contribution in [-0.2, 0) is 4.79 Å². The second-order valence-corrected chi connectivity index (χ2v) is 7.46. The maximum absolute atomic E-state index is 12.7. The molecule has 2 aliphatic carbocycles. The zero-order chi connectivity index (χ0) is 14.1. The molecule has 3 heteroatoms. The molecule has 1 amide bonds. The predicted molar refractivity (Wildman–Crippen MR) is 81.4 cm³/mol. The van der Waals surface area contributed by atoms with E-state index in [1.54, 1.807) is 0 Å². The summed E-state index contributed by atoms with van der Waals surface area (Å²) < 4.78 is 0. The number of likely N-dealkylation sites (N-methyl/N-ethyl adjacent to an activating group) is 1. The van der Waals surface area contributed by atoms with Gasteiger partial charge in [0.2, 0.25) is 5.91 Å². The smallest absolute Gasteiger partial charge is 0.239 e. The third kappa shape index (κ3) is 2.74. The van der Waals surface area contributed by atoms with Crippen molar-refractivity contribution in [2.75, 3.05) is 20.1 Å². The van der Waals surface area contributed by atoms with Gasteiger partial charge < -0.3 is 10.2 Å². The lowest BCUT2D eigenvalue weighted by Gasteiger charge is -2.30. The summed E-state index contributed by atoms with van der Waals surface area (Å²) in [6.45, 7) is 4.23. The van der Waals surface area contributed by atoms with E-state index in [0.29, 0.717) is 11.8 Å². The van der Waals surface area contributed by atoms with E-state index < -0.39 is 0 Å². The predicted octanol–water partition coefficient (Wildman–Crippen LogP) is 2.66. The van der Waals surface area contributed by atoms with Gasteiger partial charge in [-0.2, -0.15) is 0 Å². The highest BCUT2D eigenvalue weighted by Crippen LogP contribution is 2.46. The average Bonchev–Trinajstić information content (AvgIpc) is 2.63. The van der Waals surface area contributed by atoms with Crippen LogP contribution in [0.25, 0.3) is 0 Å². The van der Waals surface area contributed by atoms with Gasteiger partial charge >= 0.3 is 0 Å². The Labute approximate surface area is 123 Å². The molecule has 1 saturated heterocycles. The van der Waals surface area contributed by atoms with Gasteiger partial charge in [-0.3, -0.25) is 4.79 Å². The Morgan fingerprint density at radius 1 is 1.20 bits per heavy atom. The minimum absolute atomic E-state index is 0.0401. The molecule has 2 bridgehead atoms. The SMILES string of the molecule is CNC1C(=O)N(CC2CC3CCCC2C3)CCCC1C. The number of likely N-dealkylation sites (tertiary alicyclic amines) is 1. The van der Waals surface area contributed by atoms with Gasteiger partial charge in [-0.15, -0.1) is 0 Å². The first-order valence-electron chi connectivity index (χ1n) is 8.65.